The lowest BCUT2D eigenvalue weighted by Gasteiger charge is -2.38. The van der Waals surface area contributed by atoms with Crippen molar-refractivity contribution in [1.82, 2.24) is 14.5 Å². The highest BCUT2D eigenvalue weighted by Gasteiger charge is 2.53. The first-order chi connectivity index (χ1) is 13.6. The van der Waals surface area contributed by atoms with Gasteiger partial charge in [0.15, 0.2) is 0 Å². The zero-order valence-electron chi connectivity index (χ0n) is 16.6. The number of hydrogen-bond donors (Lipinski definition) is 0. The van der Waals surface area contributed by atoms with Crippen molar-refractivity contribution >= 4 is 22.9 Å². The molecule has 2 heterocycles. The number of benzene rings is 1. The number of esters is 1. The molecule has 1 aliphatic heterocycles. The van der Waals surface area contributed by atoms with Gasteiger partial charge in [-0.1, -0.05) is 30.7 Å². The number of allylic oxidation sites excluding steroid dienone is 1. The van der Waals surface area contributed by atoms with Crippen molar-refractivity contribution in [3.63, 3.8) is 0 Å². The summed E-state index contributed by atoms with van der Waals surface area (Å²) in [6.07, 6.45) is 7.26. The van der Waals surface area contributed by atoms with Crippen molar-refractivity contribution in [1.29, 1.82) is 0 Å². The fourth-order valence-electron chi connectivity index (χ4n) is 4.85. The monoisotopic (exact) mass is 381 g/mol. The molecule has 0 saturated heterocycles. The highest BCUT2D eigenvalue weighted by Crippen LogP contribution is 2.46. The molecular weight excluding hydrogens is 354 g/mol. The molecule has 0 unspecified atom stereocenters. The van der Waals surface area contributed by atoms with E-state index in [4.69, 9.17) is 4.74 Å². The molecule has 1 aromatic heterocycles. The lowest BCUT2D eigenvalue weighted by atomic mass is 9.79. The highest BCUT2D eigenvalue weighted by molar-refractivity contribution is 5.84. The van der Waals surface area contributed by atoms with Crippen LogP contribution < -0.4 is 0 Å². The first-order valence-electron chi connectivity index (χ1n) is 10.1. The molecule has 4 rings (SSSR count). The molecule has 1 aromatic carbocycles. The maximum Gasteiger partial charge on any atom is 0.314 e. The number of ether oxygens (including phenoxy) is 1. The lowest BCUT2D eigenvalue weighted by Crippen LogP contribution is -2.51. The van der Waals surface area contributed by atoms with E-state index >= 15 is 0 Å². The van der Waals surface area contributed by atoms with Gasteiger partial charge in [-0.25, -0.2) is 4.98 Å². The van der Waals surface area contributed by atoms with E-state index in [0.717, 1.165) is 36.1 Å². The molecule has 0 radical (unpaired) electrons. The first kappa shape index (κ1) is 18.7. The van der Waals surface area contributed by atoms with Crippen LogP contribution in [0, 0.1) is 12.3 Å². The Bertz CT molecular complexity index is 932. The Hall–Kier alpha value is -2.63. The average molecular weight is 381 g/mol. The number of aryl methyl sites for hydroxylation is 1. The van der Waals surface area contributed by atoms with Crippen molar-refractivity contribution in [3.05, 3.63) is 42.2 Å². The summed E-state index contributed by atoms with van der Waals surface area (Å²) in [6, 6.07) is 7.75. The molecule has 2 aromatic rings. The van der Waals surface area contributed by atoms with Crippen LogP contribution in [0.5, 0.6) is 0 Å². The van der Waals surface area contributed by atoms with Crippen LogP contribution in [0.2, 0.25) is 0 Å². The number of carbonyl (C=O) groups excluding carboxylic acids is 2. The second-order valence-corrected chi connectivity index (χ2v) is 7.74. The number of aromatic nitrogens is 2. The topological polar surface area (TPSA) is 64.4 Å². The van der Waals surface area contributed by atoms with Crippen LogP contribution in [0.15, 0.2) is 36.4 Å². The minimum Gasteiger partial charge on any atom is -0.465 e. The van der Waals surface area contributed by atoms with Crippen LogP contribution in [0.25, 0.3) is 11.0 Å². The summed E-state index contributed by atoms with van der Waals surface area (Å²) in [4.78, 5) is 32.7. The van der Waals surface area contributed by atoms with Crippen LogP contribution in [0.3, 0.4) is 0 Å². The van der Waals surface area contributed by atoms with Gasteiger partial charge in [0, 0.05) is 12.6 Å². The largest absolute Gasteiger partial charge is 0.465 e. The predicted molar refractivity (Wildman–Crippen MR) is 107 cm³/mol. The summed E-state index contributed by atoms with van der Waals surface area (Å²) < 4.78 is 7.39. The van der Waals surface area contributed by atoms with E-state index in [1.54, 1.807) is 0 Å². The summed E-state index contributed by atoms with van der Waals surface area (Å²) >= 11 is 0. The number of hydrogen-bond acceptors (Lipinski definition) is 4. The quantitative estimate of drug-likeness (QED) is 0.602. The number of imidazole rings is 1. The van der Waals surface area contributed by atoms with Crippen molar-refractivity contribution in [2.24, 2.45) is 5.41 Å². The second-order valence-electron chi connectivity index (χ2n) is 7.74. The van der Waals surface area contributed by atoms with E-state index < -0.39 is 5.41 Å². The predicted octanol–water partition coefficient (Wildman–Crippen LogP) is 3.24. The Labute approximate surface area is 165 Å². The molecule has 0 bridgehead atoms. The number of fused-ring (bicyclic) bond motifs is 2. The van der Waals surface area contributed by atoms with Gasteiger partial charge in [0.1, 0.15) is 12.4 Å². The number of carbonyl (C=O) groups is 2. The van der Waals surface area contributed by atoms with Gasteiger partial charge < -0.3 is 14.2 Å². The van der Waals surface area contributed by atoms with Crippen molar-refractivity contribution < 1.29 is 14.3 Å². The molecule has 6 heteroatoms. The Morgan fingerprint density at radius 2 is 2.11 bits per heavy atom. The smallest absolute Gasteiger partial charge is 0.314 e. The SMILES string of the molecule is CCOC(=O)[C@@]12CC=CCN(C(=O)Cn3c(C)nc4ccccc43)[C@@H]1CCC2. The zero-order chi connectivity index (χ0) is 19.7. The van der Waals surface area contributed by atoms with Gasteiger partial charge in [0.25, 0.3) is 0 Å². The molecule has 0 spiro atoms. The molecule has 1 aliphatic carbocycles. The first-order valence-corrected chi connectivity index (χ1v) is 10.1. The van der Waals surface area contributed by atoms with Crippen molar-refractivity contribution in [2.75, 3.05) is 13.2 Å². The van der Waals surface area contributed by atoms with Crippen LogP contribution in [-0.2, 0) is 20.9 Å². The van der Waals surface area contributed by atoms with Gasteiger partial charge in [-0.05, 0) is 45.2 Å². The molecule has 2 atom stereocenters. The van der Waals surface area contributed by atoms with Crippen LogP contribution in [0.1, 0.15) is 38.4 Å². The molecule has 6 nitrogen and oxygen atoms in total. The molecule has 1 saturated carbocycles. The third kappa shape index (κ3) is 3.01. The fraction of sp³-hybridized carbons (Fsp3) is 0.500. The number of amides is 1. The van der Waals surface area contributed by atoms with E-state index in [2.05, 4.69) is 4.98 Å². The van der Waals surface area contributed by atoms with E-state index in [0.29, 0.717) is 19.6 Å². The second kappa shape index (κ2) is 7.41. The van der Waals surface area contributed by atoms with Crippen LogP contribution >= 0.6 is 0 Å². The summed E-state index contributed by atoms with van der Waals surface area (Å²) in [5, 5.41) is 0. The molecule has 1 fully saturated rings. The van der Waals surface area contributed by atoms with Gasteiger partial charge in [-0.3, -0.25) is 9.59 Å². The maximum atomic E-state index is 13.4. The molecule has 2 aliphatic rings. The average Bonchev–Trinajstić information content (AvgIpc) is 3.18. The van der Waals surface area contributed by atoms with Gasteiger partial charge >= 0.3 is 5.97 Å². The van der Waals surface area contributed by atoms with E-state index in [1.807, 2.05) is 59.7 Å². The minimum atomic E-state index is -0.606. The summed E-state index contributed by atoms with van der Waals surface area (Å²) in [5.41, 5.74) is 1.25. The number of nitrogens with zero attached hydrogens (tertiary/aromatic N) is 3. The Kier molecular flexibility index (Phi) is 4.96. The van der Waals surface area contributed by atoms with Gasteiger partial charge in [-0.2, -0.15) is 0 Å². The van der Waals surface area contributed by atoms with Crippen LogP contribution in [0.4, 0.5) is 0 Å². The molecular formula is C22H27N3O3. The van der Waals surface area contributed by atoms with Crippen LogP contribution in [-0.4, -0.2) is 45.5 Å². The van der Waals surface area contributed by atoms with E-state index in [-0.39, 0.29) is 24.5 Å². The summed E-state index contributed by atoms with van der Waals surface area (Å²) in [7, 11) is 0. The molecule has 148 valence electrons. The zero-order valence-corrected chi connectivity index (χ0v) is 16.6. The fourth-order valence-corrected chi connectivity index (χ4v) is 4.85. The standard InChI is InChI=1S/C22H27N3O3/c1-3-28-21(27)22-12-6-7-14-24(19(22)11-8-13-22)20(26)15-25-16(2)23-17-9-4-5-10-18(17)25/h4-7,9-10,19H,3,8,11-15H2,1-2H3/t19-,22-/m1/s1. The third-order valence-corrected chi connectivity index (χ3v) is 6.21. The number of para-hydroxylation sites is 2. The number of rotatable bonds is 4. The van der Waals surface area contributed by atoms with Crippen molar-refractivity contribution in [2.45, 2.75) is 52.1 Å². The lowest BCUT2D eigenvalue weighted by molar-refractivity contribution is -0.160. The van der Waals surface area contributed by atoms with E-state index in [9.17, 15) is 9.59 Å². The van der Waals surface area contributed by atoms with Gasteiger partial charge in [0.05, 0.1) is 23.1 Å². The minimum absolute atomic E-state index is 0.0263. The Morgan fingerprint density at radius 1 is 1.29 bits per heavy atom. The van der Waals surface area contributed by atoms with Gasteiger partial charge in [0.2, 0.25) is 5.91 Å². The maximum absolute atomic E-state index is 13.4. The highest BCUT2D eigenvalue weighted by atomic mass is 16.5. The summed E-state index contributed by atoms with van der Waals surface area (Å²) in [5.74, 6) is 0.687. The van der Waals surface area contributed by atoms with Gasteiger partial charge in [-0.15, -0.1) is 0 Å². The summed E-state index contributed by atoms with van der Waals surface area (Å²) in [6.45, 7) is 4.89. The van der Waals surface area contributed by atoms with E-state index in [1.165, 1.54) is 0 Å². The van der Waals surface area contributed by atoms with Crippen molar-refractivity contribution in [3.8, 4) is 0 Å². The Balaban J connectivity index is 1.64. The Morgan fingerprint density at radius 3 is 2.93 bits per heavy atom. The molecule has 0 N–H and O–H groups in total. The third-order valence-electron chi connectivity index (χ3n) is 6.21. The normalized spacial score (nSPS) is 24.2. The molecule has 1 amide bonds. The molecule has 28 heavy (non-hydrogen) atoms.